The largest absolute Gasteiger partial charge is 0.352 e. The summed E-state index contributed by atoms with van der Waals surface area (Å²) in [6.07, 6.45) is 8.94. The van der Waals surface area contributed by atoms with Crippen molar-refractivity contribution in [3.05, 3.63) is 41.7 Å². The summed E-state index contributed by atoms with van der Waals surface area (Å²) in [4.78, 5) is 15.9. The van der Waals surface area contributed by atoms with Gasteiger partial charge in [0.25, 0.3) is 0 Å². The molecule has 0 radical (unpaired) electrons. The van der Waals surface area contributed by atoms with E-state index in [2.05, 4.69) is 22.5 Å². The predicted molar refractivity (Wildman–Crippen MR) is 67.3 cm³/mol. The molecule has 1 atom stereocenters. The summed E-state index contributed by atoms with van der Waals surface area (Å²) in [5, 5.41) is 2.93. The van der Waals surface area contributed by atoms with E-state index in [-0.39, 0.29) is 5.91 Å². The Kier molecular flexibility index (Phi) is 3.91. The molecule has 0 fully saturated rings. The lowest BCUT2D eigenvalue weighted by molar-refractivity contribution is -0.121. The topological polar surface area (TPSA) is 42.0 Å². The second kappa shape index (κ2) is 5.62. The highest BCUT2D eigenvalue weighted by Gasteiger charge is 2.13. The van der Waals surface area contributed by atoms with Gasteiger partial charge in [-0.25, -0.2) is 0 Å². The number of hydrogen-bond acceptors (Lipinski definition) is 2. The molecule has 0 bridgehead atoms. The van der Waals surface area contributed by atoms with Crippen molar-refractivity contribution in [3.8, 4) is 0 Å². The maximum atomic E-state index is 11.7. The van der Waals surface area contributed by atoms with Crippen LogP contribution in [0.15, 0.2) is 30.5 Å². The van der Waals surface area contributed by atoms with Gasteiger partial charge in [0, 0.05) is 24.9 Å². The van der Waals surface area contributed by atoms with Crippen molar-refractivity contribution in [3.63, 3.8) is 0 Å². The molecule has 0 aromatic carbocycles. The molecule has 17 heavy (non-hydrogen) atoms. The van der Waals surface area contributed by atoms with Crippen molar-refractivity contribution < 1.29 is 4.79 Å². The zero-order chi connectivity index (χ0) is 12.1. The van der Waals surface area contributed by atoms with E-state index < -0.39 is 0 Å². The van der Waals surface area contributed by atoms with E-state index in [1.54, 1.807) is 0 Å². The minimum atomic E-state index is 0.127. The van der Waals surface area contributed by atoms with Gasteiger partial charge in [-0.2, -0.15) is 0 Å². The zero-order valence-electron chi connectivity index (χ0n) is 10.1. The summed E-state index contributed by atoms with van der Waals surface area (Å²) in [7, 11) is 0. The number of aromatic nitrogens is 1. The first-order chi connectivity index (χ1) is 8.24. The van der Waals surface area contributed by atoms with Gasteiger partial charge in [-0.05, 0) is 37.3 Å². The molecule has 1 N–H and O–H groups in total. The van der Waals surface area contributed by atoms with Crippen LogP contribution in [0.5, 0.6) is 0 Å². The second-order valence-electron chi connectivity index (χ2n) is 4.55. The maximum absolute atomic E-state index is 11.7. The van der Waals surface area contributed by atoms with Crippen LogP contribution in [-0.4, -0.2) is 10.9 Å². The van der Waals surface area contributed by atoms with Gasteiger partial charge in [0.15, 0.2) is 0 Å². The number of nitrogens with one attached hydrogen (secondary N) is 1. The van der Waals surface area contributed by atoms with Gasteiger partial charge in [-0.3, -0.25) is 9.78 Å². The number of carbonyl (C=O) groups excluding carboxylic acids is 1. The predicted octanol–water partition coefficient (Wildman–Crippen LogP) is 2.36. The molecule has 1 aliphatic carbocycles. The SMILES string of the molecule is Cc1ccc(CNC(=O)C[C@@H]2C=CCC2)cn1. The first kappa shape index (κ1) is 11.8. The summed E-state index contributed by atoms with van der Waals surface area (Å²) in [6.45, 7) is 2.53. The smallest absolute Gasteiger partial charge is 0.220 e. The van der Waals surface area contributed by atoms with Gasteiger partial charge in [0.2, 0.25) is 5.91 Å². The standard InChI is InChI=1S/C14H18N2O/c1-11-6-7-13(9-15-11)10-16-14(17)8-12-4-2-3-5-12/h2,4,6-7,9,12H,3,5,8,10H2,1H3,(H,16,17)/t12-/m1/s1. The summed E-state index contributed by atoms with van der Waals surface area (Å²) < 4.78 is 0. The Hall–Kier alpha value is -1.64. The fraction of sp³-hybridized carbons (Fsp3) is 0.429. The van der Waals surface area contributed by atoms with Crippen molar-refractivity contribution in [1.29, 1.82) is 0 Å². The molecule has 3 nitrogen and oxygen atoms in total. The molecule has 0 saturated heterocycles. The van der Waals surface area contributed by atoms with Crippen LogP contribution >= 0.6 is 0 Å². The van der Waals surface area contributed by atoms with Crippen molar-refractivity contribution >= 4 is 5.91 Å². The van der Waals surface area contributed by atoms with Gasteiger partial charge in [0.1, 0.15) is 0 Å². The molecule has 1 heterocycles. The van der Waals surface area contributed by atoms with E-state index in [9.17, 15) is 4.79 Å². The minimum Gasteiger partial charge on any atom is -0.352 e. The number of allylic oxidation sites excluding steroid dienone is 2. The normalized spacial score (nSPS) is 18.3. The molecule has 0 unspecified atom stereocenters. The Morgan fingerprint density at radius 1 is 1.53 bits per heavy atom. The third-order valence-corrected chi connectivity index (χ3v) is 3.02. The summed E-state index contributed by atoms with van der Waals surface area (Å²) in [6, 6.07) is 3.96. The number of amides is 1. The molecule has 3 heteroatoms. The molecule has 0 aliphatic heterocycles. The van der Waals surface area contributed by atoms with E-state index in [4.69, 9.17) is 0 Å². The van der Waals surface area contributed by atoms with Crippen LogP contribution in [-0.2, 0) is 11.3 Å². The number of pyridine rings is 1. The Balaban J connectivity index is 1.75. The lowest BCUT2D eigenvalue weighted by Crippen LogP contribution is -2.24. The quantitative estimate of drug-likeness (QED) is 0.807. The summed E-state index contributed by atoms with van der Waals surface area (Å²) >= 11 is 0. The Labute approximate surface area is 102 Å². The molecular weight excluding hydrogens is 212 g/mol. The number of nitrogens with zero attached hydrogens (tertiary/aromatic N) is 1. The summed E-state index contributed by atoms with van der Waals surface area (Å²) in [5.41, 5.74) is 2.04. The maximum Gasteiger partial charge on any atom is 0.220 e. The van der Waals surface area contributed by atoms with E-state index in [1.807, 2.05) is 25.3 Å². The fourth-order valence-corrected chi connectivity index (χ4v) is 1.98. The molecule has 0 saturated carbocycles. The van der Waals surface area contributed by atoms with Crippen molar-refractivity contribution in [1.82, 2.24) is 10.3 Å². The Morgan fingerprint density at radius 2 is 2.41 bits per heavy atom. The van der Waals surface area contributed by atoms with E-state index >= 15 is 0 Å². The molecular formula is C14H18N2O. The second-order valence-corrected chi connectivity index (χ2v) is 4.55. The zero-order valence-corrected chi connectivity index (χ0v) is 10.1. The van der Waals surface area contributed by atoms with Gasteiger partial charge in [-0.15, -0.1) is 0 Å². The van der Waals surface area contributed by atoms with E-state index in [0.717, 1.165) is 24.1 Å². The molecule has 1 aliphatic rings. The van der Waals surface area contributed by atoms with Crippen LogP contribution in [0.4, 0.5) is 0 Å². The average molecular weight is 230 g/mol. The molecule has 0 spiro atoms. The highest BCUT2D eigenvalue weighted by molar-refractivity contribution is 5.76. The monoisotopic (exact) mass is 230 g/mol. The number of aryl methyl sites for hydroxylation is 1. The van der Waals surface area contributed by atoms with Crippen LogP contribution in [0.1, 0.15) is 30.5 Å². The van der Waals surface area contributed by atoms with Gasteiger partial charge in [0.05, 0.1) is 0 Å². The van der Waals surface area contributed by atoms with Gasteiger partial charge < -0.3 is 5.32 Å². The number of carbonyl (C=O) groups is 1. The van der Waals surface area contributed by atoms with Crippen LogP contribution in [0.2, 0.25) is 0 Å². The van der Waals surface area contributed by atoms with Crippen LogP contribution < -0.4 is 5.32 Å². The van der Waals surface area contributed by atoms with Crippen LogP contribution in [0.25, 0.3) is 0 Å². The fourth-order valence-electron chi connectivity index (χ4n) is 1.98. The van der Waals surface area contributed by atoms with Crippen molar-refractivity contribution in [2.75, 3.05) is 0 Å². The highest BCUT2D eigenvalue weighted by atomic mass is 16.1. The number of rotatable bonds is 4. The van der Waals surface area contributed by atoms with Crippen LogP contribution in [0.3, 0.4) is 0 Å². The highest BCUT2D eigenvalue weighted by Crippen LogP contribution is 2.19. The molecule has 1 aromatic rings. The first-order valence-corrected chi connectivity index (χ1v) is 6.09. The number of hydrogen-bond donors (Lipinski definition) is 1. The molecule has 1 aromatic heterocycles. The Morgan fingerprint density at radius 3 is 3.06 bits per heavy atom. The van der Waals surface area contributed by atoms with E-state index in [1.165, 1.54) is 0 Å². The molecule has 90 valence electrons. The third kappa shape index (κ3) is 3.70. The summed E-state index contributed by atoms with van der Waals surface area (Å²) in [5.74, 6) is 0.563. The lowest BCUT2D eigenvalue weighted by Gasteiger charge is -2.08. The average Bonchev–Trinajstić information content (AvgIpc) is 2.81. The van der Waals surface area contributed by atoms with Gasteiger partial charge >= 0.3 is 0 Å². The lowest BCUT2D eigenvalue weighted by atomic mass is 10.1. The van der Waals surface area contributed by atoms with Crippen molar-refractivity contribution in [2.24, 2.45) is 5.92 Å². The minimum absolute atomic E-state index is 0.127. The first-order valence-electron chi connectivity index (χ1n) is 6.09. The van der Waals surface area contributed by atoms with E-state index in [0.29, 0.717) is 18.9 Å². The third-order valence-electron chi connectivity index (χ3n) is 3.02. The Bertz CT molecular complexity index is 409. The van der Waals surface area contributed by atoms with Crippen molar-refractivity contribution in [2.45, 2.75) is 32.7 Å². The molecule has 2 rings (SSSR count). The van der Waals surface area contributed by atoms with Gasteiger partial charge in [-0.1, -0.05) is 18.2 Å². The van der Waals surface area contributed by atoms with Crippen LogP contribution in [0, 0.1) is 12.8 Å². The molecule has 1 amide bonds.